The lowest BCUT2D eigenvalue weighted by Gasteiger charge is -1.95. The van der Waals surface area contributed by atoms with Gasteiger partial charge in [0.25, 0.3) is 0 Å². The number of hydrogen-bond donors (Lipinski definition) is 0. The van der Waals surface area contributed by atoms with Crippen molar-refractivity contribution in [1.82, 2.24) is 0 Å². The number of hydrogen-bond acceptors (Lipinski definition) is 0. The van der Waals surface area contributed by atoms with Gasteiger partial charge in [-0.05, 0) is 6.42 Å². The third-order valence-corrected chi connectivity index (χ3v) is 2.09. The second-order valence-electron chi connectivity index (χ2n) is 3.07. The minimum atomic E-state index is 1.30. The molecule has 0 unspecified atom stereocenters. The van der Waals surface area contributed by atoms with E-state index >= 15 is 0 Å². The van der Waals surface area contributed by atoms with Crippen LogP contribution in [0.25, 0.3) is 0 Å². The average Bonchev–Trinajstić information content (AvgIpc) is 2.41. The van der Waals surface area contributed by atoms with Crippen LogP contribution in [0.4, 0.5) is 0 Å². The highest BCUT2D eigenvalue weighted by Gasteiger charge is 2.08. The molecule has 0 atom stereocenters. The van der Waals surface area contributed by atoms with Crippen molar-refractivity contribution in [2.45, 2.75) is 39.0 Å². The van der Waals surface area contributed by atoms with E-state index in [0.717, 1.165) is 0 Å². The Morgan fingerprint density at radius 3 is 2.90 bits per heavy atom. The fourth-order valence-corrected chi connectivity index (χ4v) is 1.43. The summed E-state index contributed by atoms with van der Waals surface area (Å²) in [5.41, 5.74) is 0. The molecular formula is C9H18N+. The third kappa shape index (κ3) is 2.51. The number of unbranched alkanes of at least 4 members (excludes halogenated alkanes) is 2. The van der Waals surface area contributed by atoms with Crippen LogP contribution in [-0.2, 0) is 0 Å². The van der Waals surface area contributed by atoms with Gasteiger partial charge in [-0.2, -0.15) is 0 Å². The molecule has 0 saturated carbocycles. The van der Waals surface area contributed by atoms with Gasteiger partial charge in [-0.1, -0.05) is 13.3 Å². The van der Waals surface area contributed by atoms with Gasteiger partial charge in [0.05, 0.1) is 0 Å². The van der Waals surface area contributed by atoms with Gasteiger partial charge in [0.2, 0.25) is 0 Å². The van der Waals surface area contributed by atoms with Crippen molar-refractivity contribution in [3.63, 3.8) is 0 Å². The lowest BCUT2D eigenvalue weighted by molar-refractivity contribution is -0.516. The van der Waals surface area contributed by atoms with Gasteiger partial charge in [0, 0.05) is 19.3 Å². The van der Waals surface area contributed by atoms with Crippen LogP contribution in [0.15, 0.2) is 0 Å². The van der Waals surface area contributed by atoms with Crippen LogP contribution in [0, 0.1) is 0 Å². The van der Waals surface area contributed by atoms with Crippen molar-refractivity contribution in [2.24, 2.45) is 0 Å². The van der Waals surface area contributed by atoms with Crippen molar-refractivity contribution < 1.29 is 4.58 Å². The van der Waals surface area contributed by atoms with Crippen LogP contribution < -0.4 is 0 Å². The predicted molar refractivity (Wildman–Crippen MR) is 44.8 cm³/mol. The largest absolute Gasteiger partial charge is 0.240 e. The SMILES string of the molecule is CCCCC[N+]1=CCCC1. The average molecular weight is 140 g/mol. The summed E-state index contributed by atoms with van der Waals surface area (Å²) in [6, 6.07) is 0. The fourth-order valence-electron chi connectivity index (χ4n) is 1.43. The van der Waals surface area contributed by atoms with Gasteiger partial charge in [0.15, 0.2) is 0 Å². The smallest absolute Gasteiger partial charge is 0.143 e. The molecule has 1 heteroatoms. The molecule has 1 aliphatic rings. The topological polar surface area (TPSA) is 3.01 Å². The first-order chi connectivity index (χ1) is 4.93. The summed E-state index contributed by atoms with van der Waals surface area (Å²) in [6.45, 7) is 4.87. The minimum absolute atomic E-state index is 1.30. The first-order valence-corrected chi connectivity index (χ1v) is 4.51. The Hall–Kier alpha value is -0.330. The Balaban J connectivity index is 2.01. The standard InChI is InChI=1S/C9H18N/c1-2-3-4-7-10-8-5-6-9-10/h8H,2-7,9H2,1H3/q+1. The van der Waals surface area contributed by atoms with Crippen LogP contribution in [0.2, 0.25) is 0 Å². The quantitative estimate of drug-likeness (QED) is 0.415. The van der Waals surface area contributed by atoms with Crippen molar-refractivity contribution >= 4 is 6.21 Å². The van der Waals surface area contributed by atoms with Gasteiger partial charge < -0.3 is 0 Å². The summed E-state index contributed by atoms with van der Waals surface area (Å²) in [6.07, 6.45) is 9.17. The molecule has 0 bridgehead atoms. The summed E-state index contributed by atoms with van der Waals surface area (Å²) in [5, 5.41) is 0. The van der Waals surface area contributed by atoms with Gasteiger partial charge >= 0.3 is 0 Å². The molecule has 0 amide bonds. The van der Waals surface area contributed by atoms with E-state index in [9.17, 15) is 0 Å². The van der Waals surface area contributed by atoms with Gasteiger partial charge in [-0.15, -0.1) is 0 Å². The van der Waals surface area contributed by atoms with E-state index in [1.54, 1.807) is 0 Å². The molecule has 1 rings (SSSR count). The van der Waals surface area contributed by atoms with Crippen LogP contribution in [-0.4, -0.2) is 23.9 Å². The molecule has 10 heavy (non-hydrogen) atoms. The molecule has 0 radical (unpaired) electrons. The maximum absolute atomic E-state index is 2.47. The summed E-state index contributed by atoms with van der Waals surface area (Å²) in [4.78, 5) is 0. The molecular weight excluding hydrogens is 122 g/mol. The van der Waals surface area contributed by atoms with E-state index in [2.05, 4.69) is 17.7 Å². The van der Waals surface area contributed by atoms with Crippen LogP contribution in [0.3, 0.4) is 0 Å². The Morgan fingerprint density at radius 1 is 1.40 bits per heavy atom. The molecule has 0 spiro atoms. The highest BCUT2D eigenvalue weighted by molar-refractivity contribution is 5.52. The van der Waals surface area contributed by atoms with Gasteiger partial charge in [-0.3, -0.25) is 0 Å². The maximum atomic E-state index is 2.47. The van der Waals surface area contributed by atoms with Crippen molar-refractivity contribution in [3.8, 4) is 0 Å². The second-order valence-corrected chi connectivity index (χ2v) is 3.07. The highest BCUT2D eigenvalue weighted by Crippen LogP contribution is 2.00. The van der Waals surface area contributed by atoms with Gasteiger partial charge in [-0.25, -0.2) is 4.58 Å². The van der Waals surface area contributed by atoms with Crippen molar-refractivity contribution in [3.05, 3.63) is 0 Å². The van der Waals surface area contributed by atoms with Crippen LogP contribution in [0.5, 0.6) is 0 Å². The Kier molecular flexibility index (Phi) is 3.48. The lowest BCUT2D eigenvalue weighted by Crippen LogP contribution is -2.09. The predicted octanol–water partition coefficient (Wildman–Crippen LogP) is 2.05. The Labute approximate surface area is 63.8 Å². The molecule has 58 valence electrons. The summed E-state index contributed by atoms with van der Waals surface area (Å²) in [5.74, 6) is 0. The van der Waals surface area contributed by atoms with E-state index < -0.39 is 0 Å². The molecule has 1 nitrogen and oxygen atoms in total. The summed E-state index contributed by atoms with van der Waals surface area (Å²) >= 11 is 0. The van der Waals surface area contributed by atoms with E-state index in [1.165, 1.54) is 45.2 Å². The fraction of sp³-hybridized carbons (Fsp3) is 0.889. The maximum Gasteiger partial charge on any atom is 0.143 e. The molecule has 0 aliphatic carbocycles. The highest BCUT2D eigenvalue weighted by atomic mass is 15.0. The number of rotatable bonds is 4. The van der Waals surface area contributed by atoms with E-state index in [4.69, 9.17) is 0 Å². The molecule has 0 aromatic heterocycles. The monoisotopic (exact) mass is 140 g/mol. The first kappa shape index (κ1) is 7.77. The molecule has 0 aromatic rings. The molecule has 0 aromatic carbocycles. The summed E-state index contributed by atoms with van der Waals surface area (Å²) in [7, 11) is 0. The second kappa shape index (κ2) is 4.48. The molecule has 0 fully saturated rings. The molecule has 0 saturated heterocycles. The minimum Gasteiger partial charge on any atom is -0.240 e. The van der Waals surface area contributed by atoms with E-state index in [1.807, 2.05) is 0 Å². The summed E-state index contributed by atoms with van der Waals surface area (Å²) < 4.78 is 2.47. The zero-order valence-electron chi connectivity index (χ0n) is 6.97. The van der Waals surface area contributed by atoms with E-state index in [0.29, 0.717) is 0 Å². The Bertz CT molecular complexity index is 116. The molecule has 1 aliphatic heterocycles. The first-order valence-electron chi connectivity index (χ1n) is 4.51. The van der Waals surface area contributed by atoms with Crippen LogP contribution >= 0.6 is 0 Å². The zero-order valence-corrected chi connectivity index (χ0v) is 6.97. The third-order valence-electron chi connectivity index (χ3n) is 2.09. The Morgan fingerprint density at radius 2 is 2.30 bits per heavy atom. The van der Waals surface area contributed by atoms with Crippen LogP contribution in [0.1, 0.15) is 39.0 Å². The van der Waals surface area contributed by atoms with Crippen molar-refractivity contribution in [2.75, 3.05) is 13.1 Å². The van der Waals surface area contributed by atoms with Crippen molar-refractivity contribution in [1.29, 1.82) is 0 Å². The zero-order chi connectivity index (χ0) is 7.23. The van der Waals surface area contributed by atoms with E-state index in [-0.39, 0.29) is 0 Å². The van der Waals surface area contributed by atoms with Gasteiger partial charge in [0.1, 0.15) is 19.3 Å². The number of nitrogens with zero attached hydrogens (tertiary/aromatic N) is 1. The molecule has 1 heterocycles. The normalized spacial score (nSPS) is 17.5. The lowest BCUT2D eigenvalue weighted by atomic mass is 10.2. The molecule has 0 N–H and O–H groups in total.